The van der Waals surface area contributed by atoms with E-state index in [0.717, 1.165) is 22.8 Å². The highest BCUT2D eigenvalue weighted by Crippen LogP contribution is 2.22. The van der Waals surface area contributed by atoms with E-state index in [9.17, 15) is 0 Å². The van der Waals surface area contributed by atoms with E-state index in [2.05, 4.69) is 45.8 Å². The molecule has 0 atom stereocenters. The SMILES string of the molecule is COc1ccc(/C(C)=N/Nc2nnc(SCc3cccc(C)c3)n2N)cc1. The topological polar surface area (TPSA) is 90.3 Å². The van der Waals surface area contributed by atoms with Crippen molar-refractivity contribution in [2.45, 2.75) is 24.8 Å². The quantitative estimate of drug-likeness (QED) is 0.282. The Labute approximate surface area is 162 Å². The predicted molar refractivity (Wildman–Crippen MR) is 110 cm³/mol. The first-order chi connectivity index (χ1) is 13.1. The Hall–Kier alpha value is -3.00. The summed E-state index contributed by atoms with van der Waals surface area (Å²) in [6, 6.07) is 16.0. The standard InChI is InChI=1S/C19H22N6OS/c1-13-5-4-6-15(11-13)12-27-19-24-23-18(25(19)20)22-21-14(2)16-7-9-17(26-3)10-8-16/h4-11H,12,20H2,1-3H3,(H,22,23)/b21-14+. The van der Waals surface area contributed by atoms with E-state index in [0.29, 0.717) is 11.1 Å². The Bertz CT molecular complexity index is 936. The van der Waals surface area contributed by atoms with Crippen molar-refractivity contribution in [1.29, 1.82) is 0 Å². The van der Waals surface area contributed by atoms with Crippen molar-refractivity contribution in [2.75, 3.05) is 18.4 Å². The van der Waals surface area contributed by atoms with Gasteiger partial charge >= 0.3 is 0 Å². The van der Waals surface area contributed by atoms with Gasteiger partial charge in [0, 0.05) is 5.75 Å². The molecular formula is C19H22N6OS. The molecule has 0 bridgehead atoms. The fourth-order valence-electron chi connectivity index (χ4n) is 2.43. The molecule has 7 nitrogen and oxygen atoms in total. The normalized spacial score (nSPS) is 11.4. The molecule has 0 radical (unpaired) electrons. The summed E-state index contributed by atoms with van der Waals surface area (Å²) < 4.78 is 6.57. The summed E-state index contributed by atoms with van der Waals surface area (Å²) in [7, 11) is 1.64. The van der Waals surface area contributed by atoms with Gasteiger partial charge in [0.2, 0.25) is 5.16 Å². The number of nitrogens with one attached hydrogen (secondary N) is 1. The molecule has 3 aromatic rings. The van der Waals surface area contributed by atoms with E-state index in [1.165, 1.54) is 27.6 Å². The maximum atomic E-state index is 6.08. The number of hydrazone groups is 1. The fraction of sp³-hybridized carbons (Fsp3) is 0.211. The molecule has 140 valence electrons. The van der Waals surface area contributed by atoms with Crippen LogP contribution >= 0.6 is 11.8 Å². The van der Waals surface area contributed by atoms with Crippen molar-refractivity contribution in [1.82, 2.24) is 14.9 Å². The molecule has 3 N–H and O–H groups in total. The average Bonchev–Trinajstić information content (AvgIpc) is 3.04. The minimum atomic E-state index is 0.384. The van der Waals surface area contributed by atoms with Crippen molar-refractivity contribution < 1.29 is 4.74 Å². The molecule has 8 heteroatoms. The Morgan fingerprint density at radius 2 is 2.00 bits per heavy atom. The minimum absolute atomic E-state index is 0.384. The molecule has 2 aromatic carbocycles. The van der Waals surface area contributed by atoms with Crippen LogP contribution in [-0.4, -0.2) is 27.7 Å². The van der Waals surface area contributed by atoms with Crippen molar-refractivity contribution in [3.8, 4) is 5.75 Å². The van der Waals surface area contributed by atoms with Crippen LogP contribution in [0.1, 0.15) is 23.6 Å². The molecule has 0 saturated heterocycles. The Morgan fingerprint density at radius 3 is 2.70 bits per heavy atom. The number of thioether (sulfide) groups is 1. The van der Waals surface area contributed by atoms with Gasteiger partial charge in [-0.25, -0.2) is 10.1 Å². The molecule has 0 aliphatic heterocycles. The third-order valence-electron chi connectivity index (χ3n) is 3.95. The second-order valence-corrected chi connectivity index (χ2v) is 6.93. The van der Waals surface area contributed by atoms with Gasteiger partial charge in [-0.2, -0.15) is 5.10 Å². The maximum absolute atomic E-state index is 6.08. The van der Waals surface area contributed by atoms with Crippen LogP contribution < -0.4 is 16.0 Å². The second-order valence-electron chi connectivity index (χ2n) is 5.99. The van der Waals surface area contributed by atoms with Crippen LogP contribution in [0.25, 0.3) is 0 Å². The first-order valence-electron chi connectivity index (χ1n) is 8.40. The largest absolute Gasteiger partial charge is 0.497 e. The van der Waals surface area contributed by atoms with Crippen LogP contribution in [0.4, 0.5) is 5.95 Å². The average molecular weight is 382 g/mol. The van der Waals surface area contributed by atoms with E-state index in [1.807, 2.05) is 37.3 Å². The van der Waals surface area contributed by atoms with Gasteiger partial charge in [0.1, 0.15) is 5.75 Å². The molecule has 27 heavy (non-hydrogen) atoms. The van der Waals surface area contributed by atoms with E-state index in [4.69, 9.17) is 10.6 Å². The highest BCUT2D eigenvalue weighted by Gasteiger charge is 2.10. The zero-order valence-electron chi connectivity index (χ0n) is 15.5. The molecule has 0 saturated carbocycles. The summed E-state index contributed by atoms with van der Waals surface area (Å²) in [6.45, 7) is 3.98. The first-order valence-corrected chi connectivity index (χ1v) is 9.39. The lowest BCUT2D eigenvalue weighted by atomic mass is 10.1. The zero-order chi connectivity index (χ0) is 19.2. The molecule has 3 rings (SSSR count). The third kappa shape index (κ3) is 4.79. The second kappa shape index (κ2) is 8.59. The molecule has 0 aliphatic carbocycles. The lowest BCUT2D eigenvalue weighted by Crippen LogP contribution is -2.13. The van der Waals surface area contributed by atoms with Crippen LogP contribution in [0, 0.1) is 6.92 Å². The van der Waals surface area contributed by atoms with E-state index < -0.39 is 0 Å². The van der Waals surface area contributed by atoms with E-state index >= 15 is 0 Å². The Balaban J connectivity index is 1.64. The summed E-state index contributed by atoms with van der Waals surface area (Å²) in [6.07, 6.45) is 0. The summed E-state index contributed by atoms with van der Waals surface area (Å²) in [5, 5.41) is 13.2. The smallest absolute Gasteiger partial charge is 0.264 e. The van der Waals surface area contributed by atoms with Crippen LogP contribution in [-0.2, 0) is 5.75 Å². The van der Waals surface area contributed by atoms with Gasteiger partial charge in [0.25, 0.3) is 5.95 Å². The van der Waals surface area contributed by atoms with Gasteiger partial charge in [-0.1, -0.05) is 41.6 Å². The number of benzene rings is 2. The van der Waals surface area contributed by atoms with Crippen molar-refractivity contribution in [3.05, 3.63) is 65.2 Å². The molecule has 1 aromatic heterocycles. The number of ether oxygens (including phenoxy) is 1. The van der Waals surface area contributed by atoms with Gasteiger partial charge in [-0.3, -0.25) is 0 Å². The number of methoxy groups -OCH3 is 1. The molecule has 0 fully saturated rings. The van der Waals surface area contributed by atoms with Gasteiger partial charge in [-0.05, 0) is 49.2 Å². The number of rotatable bonds is 7. The summed E-state index contributed by atoms with van der Waals surface area (Å²) >= 11 is 1.53. The van der Waals surface area contributed by atoms with Crippen molar-refractivity contribution in [2.24, 2.45) is 5.10 Å². The molecule has 0 amide bonds. The molecule has 0 unspecified atom stereocenters. The predicted octanol–water partition coefficient (Wildman–Crippen LogP) is 3.44. The van der Waals surface area contributed by atoms with Gasteiger partial charge in [0.15, 0.2) is 0 Å². The Morgan fingerprint density at radius 1 is 1.22 bits per heavy atom. The van der Waals surface area contributed by atoms with Gasteiger partial charge in [-0.15, -0.1) is 10.2 Å². The summed E-state index contributed by atoms with van der Waals surface area (Å²) in [4.78, 5) is 0. The number of hydrogen-bond donors (Lipinski definition) is 2. The molecule has 1 heterocycles. The zero-order valence-corrected chi connectivity index (χ0v) is 16.3. The number of aryl methyl sites for hydroxylation is 1. The number of nitrogens with zero attached hydrogens (tertiary/aromatic N) is 4. The monoisotopic (exact) mass is 382 g/mol. The molecular weight excluding hydrogens is 360 g/mol. The van der Waals surface area contributed by atoms with Crippen LogP contribution in [0.2, 0.25) is 0 Å². The van der Waals surface area contributed by atoms with Gasteiger partial charge in [0.05, 0.1) is 12.8 Å². The number of hydrogen-bond acceptors (Lipinski definition) is 7. The van der Waals surface area contributed by atoms with Gasteiger partial charge < -0.3 is 10.6 Å². The molecule has 0 aliphatic rings. The summed E-state index contributed by atoms with van der Waals surface area (Å²) in [5.41, 5.74) is 7.09. The number of nitrogens with two attached hydrogens (primary N) is 1. The number of aromatic nitrogens is 3. The number of anilines is 1. The third-order valence-corrected chi connectivity index (χ3v) is 4.96. The highest BCUT2D eigenvalue weighted by molar-refractivity contribution is 7.98. The lowest BCUT2D eigenvalue weighted by molar-refractivity contribution is 0.415. The Kier molecular flexibility index (Phi) is 5.97. The van der Waals surface area contributed by atoms with E-state index in [1.54, 1.807) is 7.11 Å². The molecule has 0 spiro atoms. The highest BCUT2D eigenvalue weighted by atomic mass is 32.2. The van der Waals surface area contributed by atoms with E-state index in [-0.39, 0.29) is 0 Å². The van der Waals surface area contributed by atoms with Crippen LogP contribution in [0.15, 0.2) is 58.8 Å². The van der Waals surface area contributed by atoms with Crippen LogP contribution in [0.3, 0.4) is 0 Å². The number of nitrogen functional groups attached to an aromatic ring is 1. The first kappa shape index (κ1) is 18.8. The van der Waals surface area contributed by atoms with Crippen LogP contribution in [0.5, 0.6) is 5.75 Å². The van der Waals surface area contributed by atoms with Crippen molar-refractivity contribution >= 4 is 23.4 Å². The van der Waals surface area contributed by atoms with Crippen molar-refractivity contribution in [3.63, 3.8) is 0 Å². The maximum Gasteiger partial charge on any atom is 0.264 e. The lowest BCUT2D eigenvalue weighted by Gasteiger charge is -2.05. The summed E-state index contributed by atoms with van der Waals surface area (Å²) in [5.74, 6) is 8.04. The fourth-order valence-corrected chi connectivity index (χ4v) is 3.23. The minimum Gasteiger partial charge on any atom is -0.497 e.